The van der Waals surface area contributed by atoms with Gasteiger partial charge in [0.05, 0.1) is 19.8 Å². The smallest absolute Gasteiger partial charge is 0.496 e. The van der Waals surface area contributed by atoms with Crippen molar-refractivity contribution in [3.63, 3.8) is 0 Å². The fourth-order valence-electron chi connectivity index (χ4n) is 1.20. The Hall–Kier alpha value is -1.66. The predicted octanol–water partition coefficient (Wildman–Crippen LogP) is 1.54. The highest BCUT2D eigenvalue weighted by atomic mass is 19.4. The minimum atomic E-state index is -5.14. The maximum absolute atomic E-state index is 12.4. The summed E-state index contributed by atoms with van der Waals surface area (Å²) in [5.74, 6) is -0.811. The second-order valence-electron chi connectivity index (χ2n) is 3.03. The van der Waals surface area contributed by atoms with Gasteiger partial charge in [-0.3, -0.25) is 0 Å². The molecule has 0 radical (unpaired) electrons. The normalized spacial score (nSPS) is 11.1. The van der Waals surface area contributed by atoms with E-state index in [0.717, 1.165) is 25.3 Å². The molecule has 0 saturated carbocycles. The number of rotatable bonds is 3. The van der Waals surface area contributed by atoms with Crippen LogP contribution in [0, 0.1) is 0 Å². The SMILES string of the molecule is COC(=O)c1cc([B-](F)(F)F)ccc1OC. The molecule has 0 saturated heterocycles. The quantitative estimate of drug-likeness (QED) is 0.586. The molecule has 0 N–H and O–H groups in total. The van der Waals surface area contributed by atoms with Gasteiger partial charge in [-0.25, -0.2) is 4.79 Å². The lowest BCUT2D eigenvalue weighted by molar-refractivity contribution is 0.0597. The highest BCUT2D eigenvalue weighted by Gasteiger charge is 2.27. The highest BCUT2D eigenvalue weighted by molar-refractivity contribution is 6.73. The van der Waals surface area contributed by atoms with Crippen molar-refractivity contribution in [2.75, 3.05) is 14.2 Å². The number of esters is 1. The molecule has 0 bridgehead atoms. The molecule has 1 rings (SSSR count). The van der Waals surface area contributed by atoms with Crippen molar-refractivity contribution >= 4 is 18.4 Å². The van der Waals surface area contributed by atoms with Gasteiger partial charge in [0, 0.05) is 0 Å². The van der Waals surface area contributed by atoms with Gasteiger partial charge >= 0.3 is 12.9 Å². The van der Waals surface area contributed by atoms with Crippen LogP contribution in [0.3, 0.4) is 0 Å². The van der Waals surface area contributed by atoms with E-state index in [1.165, 1.54) is 7.11 Å². The summed E-state index contributed by atoms with van der Waals surface area (Å²) in [5.41, 5.74) is -1.09. The van der Waals surface area contributed by atoms with Crippen LogP contribution in [0.25, 0.3) is 0 Å². The number of hydrogen-bond donors (Lipinski definition) is 0. The van der Waals surface area contributed by atoms with Crippen molar-refractivity contribution in [3.05, 3.63) is 23.8 Å². The predicted molar refractivity (Wildman–Crippen MR) is 53.0 cm³/mol. The van der Waals surface area contributed by atoms with Crippen molar-refractivity contribution in [1.29, 1.82) is 0 Å². The van der Waals surface area contributed by atoms with Gasteiger partial charge < -0.3 is 22.4 Å². The van der Waals surface area contributed by atoms with Crippen LogP contribution in [0.5, 0.6) is 5.75 Å². The van der Waals surface area contributed by atoms with E-state index in [1.807, 2.05) is 0 Å². The Kier molecular flexibility index (Phi) is 3.46. The Labute approximate surface area is 90.2 Å². The molecule has 7 heteroatoms. The Balaban J connectivity index is 3.27. The van der Waals surface area contributed by atoms with Crippen LogP contribution < -0.4 is 10.2 Å². The largest absolute Gasteiger partial charge is 0.509 e. The minimum absolute atomic E-state index is 0.0515. The summed E-state index contributed by atoms with van der Waals surface area (Å²) in [4.78, 5) is 11.2. The lowest BCUT2D eigenvalue weighted by Crippen LogP contribution is -2.34. The van der Waals surface area contributed by atoms with Gasteiger partial charge in [0.1, 0.15) is 5.75 Å². The Morgan fingerprint density at radius 1 is 1.25 bits per heavy atom. The molecule has 0 spiro atoms. The molecule has 88 valence electrons. The molecular weight excluding hydrogens is 224 g/mol. The zero-order valence-electron chi connectivity index (χ0n) is 8.67. The minimum Gasteiger partial charge on any atom is -0.496 e. The number of methoxy groups -OCH3 is 2. The van der Waals surface area contributed by atoms with Crippen LogP contribution in [-0.4, -0.2) is 27.2 Å². The first-order valence-electron chi connectivity index (χ1n) is 4.36. The van der Waals surface area contributed by atoms with E-state index >= 15 is 0 Å². The number of benzene rings is 1. The van der Waals surface area contributed by atoms with E-state index in [9.17, 15) is 17.7 Å². The zero-order valence-corrected chi connectivity index (χ0v) is 8.67. The summed E-state index contributed by atoms with van der Waals surface area (Å²) < 4.78 is 46.5. The monoisotopic (exact) mass is 233 g/mol. The van der Waals surface area contributed by atoms with Gasteiger partial charge in [0.2, 0.25) is 0 Å². The molecule has 16 heavy (non-hydrogen) atoms. The lowest BCUT2D eigenvalue weighted by Gasteiger charge is -2.16. The molecule has 3 nitrogen and oxygen atoms in total. The summed E-state index contributed by atoms with van der Waals surface area (Å²) in [5, 5.41) is 0. The zero-order chi connectivity index (χ0) is 12.3. The first-order valence-corrected chi connectivity index (χ1v) is 4.36. The van der Waals surface area contributed by atoms with Crippen molar-refractivity contribution in [3.8, 4) is 5.75 Å². The molecule has 0 fully saturated rings. The van der Waals surface area contributed by atoms with Crippen molar-refractivity contribution in [2.45, 2.75) is 0 Å². The molecule has 0 aromatic heterocycles. The highest BCUT2D eigenvalue weighted by Crippen LogP contribution is 2.20. The molecule has 0 heterocycles. The van der Waals surface area contributed by atoms with E-state index in [0.29, 0.717) is 0 Å². The molecule has 0 aliphatic carbocycles. The van der Waals surface area contributed by atoms with Gasteiger partial charge in [-0.2, -0.15) is 0 Å². The molecule has 1 aromatic carbocycles. The van der Waals surface area contributed by atoms with Gasteiger partial charge in [0.25, 0.3) is 0 Å². The molecule has 0 aliphatic rings. The van der Waals surface area contributed by atoms with Gasteiger partial charge in [0.15, 0.2) is 0 Å². The second-order valence-corrected chi connectivity index (χ2v) is 3.03. The van der Waals surface area contributed by atoms with Crippen LogP contribution in [0.2, 0.25) is 0 Å². The van der Waals surface area contributed by atoms with E-state index in [-0.39, 0.29) is 11.3 Å². The lowest BCUT2D eigenvalue weighted by atomic mass is 9.79. The van der Waals surface area contributed by atoms with Crippen LogP contribution in [0.1, 0.15) is 10.4 Å². The molecule has 0 amide bonds. The van der Waals surface area contributed by atoms with Crippen molar-refractivity contribution in [2.24, 2.45) is 0 Å². The summed E-state index contributed by atoms with van der Waals surface area (Å²) in [7, 11) is 2.35. The van der Waals surface area contributed by atoms with Gasteiger partial charge in [-0.1, -0.05) is 12.1 Å². The van der Waals surface area contributed by atoms with Gasteiger partial charge in [-0.15, -0.1) is 5.46 Å². The third-order valence-corrected chi connectivity index (χ3v) is 2.01. The first kappa shape index (κ1) is 12.4. The first-order chi connectivity index (χ1) is 7.40. The number of ether oxygens (including phenoxy) is 2. The fourth-order valence-corrected chi connectivity index (χ4v) is 1.20. The molecule has 1 aromatic rings. The topological polar surface area (TPSA) is 35.5 Å². The van der Waals surface area contributed by atoms with Crippen LogP contribution >= 0.6 is 0 Å². The standard InChI is InChI=1S/C9H9BF3O3/c1-15-8-4-3-6(10(11,12)13)5-7(8)9(14)16-2/h3-5H,1-2H3/q-1. The Bertz CT molecular complexity index is 403. The number of carbonyl (C=O) groups is 1. The maximum Gasteiger partial charge on any atom is 0.509 e. The summed E-state index contributed by atoms with van der Waals surface area (Å²) in [6.07, 6.45) is 0. The Morgan fingerprint density at radius 3 is 2.31 bits per heavy atom. The molecule has 0 atom stereocenters. The van der Waals surface area contributed by atoms with E-state index in [1.54, 1.807) is 0 Å². The number of halogens is 3. The van der Waals surface area contributed by atoms with Crippen LogP contribution in [-0.2, 0) is 4.74 Å². The van der Waals surface area contributed by atoms with E-state index in [2.05, 4.69) is 4.74 Å². The van der Waals surface area contributed by atoms with Crippen LogP contribution in [0.4, 0.5) is 12.9 Å². The van der Waals surface area contributed by atoms with Crippen molar-refractivity contribution in [1.82, 2.24) is 0 Å². The number of carbonyl (C=O) groups excluding carboxylic acids is 1. The third-order valence-electron chi connectivity index (χ3n) is 2.01. The van der Waals surface area contributed by atoms with Crippen LogP contribution in [0.15, 0.2) is 18.2 Å². The Morgan fingerprint density at radius 2 is 1.88 bits per heavy atom. The second kappa shape index (κ2) is 4.46. The average molecular weight is 233 g/mol. The summed E-state index contributed by atoms with van der Waals surface area (Å²) in [6, 6.07) is 2.69. The molecular formula is C9H9BF3O3-. The van der Waals surface area contributed by atoms with E-state index in [4.69, 9.17) is 4.74 Å². The maximum atomic E-state index is 12.4. The summed E-state index contributed by atoms with van der Waals surface area (Å²) >= 11 is 0. The van der Waals surface area contributed by atoms with Crippen molar-refractivity contribution < 1.29 is 27.2 Å². The molecule has 0 unspecified atom stereocenters. The molecule has 0 aliphatic heterocycles. The number of hydrogen-bond acceptors (Lipinski definition) is 3. The fraction of sp³-hybridized carbons (Fsp3) is 0.222. The van der Waals surface area contributed by atoms with Gasteiger partial charge in [-0.05, 0) is 6.07 Å². The van der Waals surface area contributed by atoms with E-state index < -0.39 is 18.4 Å². The average Bonchev–Trinajstić information content (AvgIpc) is 2.25. The summed E-state index contributed by atoms with van der Waals surface area (Å²) in [6.45, 7) is -5.14. The third kappa shape index (κ3) is 2.47.